The Morgan fingerprint density at radius 1 is 0.207 bits per heavy atom. The minimum atomic E-state index is 0.172. The highest BCUT2D eigenvalue weighted by atomic mass is 14.7. The SMILES string of the molecule is CC.CC.CC.CC.CC.CC.CC.CC.Cc1c(C(C)(C)C)ccc2ccccc12.Cc1cc2ccccc2cc1C(C)(C)C.Cc1ccc2ccccc2c1C(C)(C)C.Cc1ccccc1C(C)(C)C.Cc1cccnc1C(C)(C)C.Cc1ccncc1C(C)(C)C.Cc1cnccc1C(C)(C)C.Cc1ncccc1C(C)(C)C. The smallest absolute Gasteiger partial charge is 0.0486 e. The molecule has 4 nitrogen and oxygen atoms in total. The molecule has 0 aliphatic heterocycles. The summed E-state index contributed by atoms with van der Waals surface area (Å²) in [5, 5.41) is 8.13. The van der Waals surface area contributed by atoms with Crippen LogP contribution in [0.4, 0.5) is 0 Å². The lowest BCUT2D eigenvalue weighted by molar-refractivity contribution is 0.564. The van der Waals surface area contributed by atoms with Crippen LogP contribution in [0.3, 0.4) is 0 Å². The van der Waals surface area contributed by atoms with Crippen LogP contribution in [0.15, 0.2) is 207 Å². The van der Waals surface area contributed by atoms with E-state index in [1.165, 1.54) is 116 Å². The van der Waals surface area contributed by atoms with Crippen molar-refractivity contribution in [3.63, 3.8) is 0 Å². The van der Waals surface area contributed by atoms with Crippen LogP contribution >= 0.6 is 0 Å². The fourth-order valence-corrected chi connectivity index (χ4v) is 13.3. The van der Waals surface area contributed by atoms with E-state index in [0.29, 0.717) is 0 Å². The summed E-state index contributed by atoms with van der Waals surface area (Å²) in [5.74, 6) is 0. The summed E-state index contributed by atoms with van der Waals surface area (Å²) in [7, 11) is 0. The predicted octanol–water partition coefficient (Wildman–Crippen LogP) is 35.6. The number of pyridine rings is 4. The average molecular weight is 1580 g/mol. The summed E-state index contributed by atoms with van der Waals surface area (Å²) in [6, 6.07) is 60.2. The largest absolute Gasteiger partial charge is 0.264 e. The van der Waals surface area contributed by atoms with Gasteiger partial charge in [-0.05, 0) is 228 Å². The normalized spacial score (nSPS) is 10.6. The molecule has 0 saturated heterocycles. The van der Waals surface area contributed by atoms with Crippen LogP contribution in [0.5, 0.6) is 0 Å². The maximum Gasteiger partial charge on any atom is 0.0486 e. The predicted molar refractivity (Wildman–Crippen MR) is 534 cm³/mol. The third-order valence-electron chi connectivity index (χ3n) is 18.0. The number of rotatable bonds is 0. The van der Waals surface area contributed by atoms with Crippen LogP contribution in [0.25, 0.3) is 32.3 Å². The van der Waals surface area contributed by atoms with Crippen LogP contribution in [0.2, 0.25) is 0 Å². The summed E-state index contributed by atoms with van der Waals surface area (Å²) < 4.78 is 0. The van der Waals surface area contributed by atoms with Gasteiger partial charge in [-0.1, -0.05) is 423 Å². The highest BCUT2D eigenvalue weighted by molar-refractivity contribution is 5.88. The number of aryl methyl sites for hydroxylation is 8. The number of aromatic nitrogens is 4. The molecule has 0 saturated carbocycles. The third kappa shape index (κ3) is 42.4. The van der Waals surface area contributed by atoms with Crippen molar-refractivity contribution in [2.45, 2.75) is 376 Å². The summed E-state index contributed by atoms with van der Waals surface area (Å²) in [6.07, 6.45) is 11.3. The lowest BCUT2D eigenvalue weighted by Crippen LogP contribution is -2.14. The van der Waals surface area contributed by atoms with Gasteiger partial charge in [-0.3, -0.25) is 19.9 Å². The molecule has 0 spiro atoms. The van der Waals surface area contributed by atoms with Gasteiger partial charge in [0, 0.05) is 54.0 Å². The Kier molecular flexibility index (Phi) is 58.1. The molecule has 0 unspecified atom stereocenters. The maximum atomic E-state index is 4.35. The molecule has 7 aromatic carbocycles. The molecule has 0 atom stereocenters. The third-order valence-corrected chi connectivity index (χ3v) is 18.0. The number of hydrogen-bond acceptors (Lipinski definition) is 4. The minimum Gasteiger partial charge on any atom is -0.264 e. The van der Waals surface area contributed by atoms with Crippen molar-refractivity contribution in [1.29, 1.82) is 0 Å². The van der Waals surface area contributed by atoms with Crippen molar-refractivity contribution < 1.29 is 0 Å². The van der Waals surface area contributed by atoms with Crippen molar-refractivity contribution in [2.75, 3.05) is 0 Å². The molecule has 0 fully saturated rings. The van der Waals surface area contributed by atoms with Crippen LogP contribution in [-0.2, 0) is 43.3 Å². The molecule has 646 valence electrons. The zero-order valence-electron chi connectivity index (χ0n) is 84.4. The second-order valence-electron chi connectivity index (χ2n) is 35.5. The molecule has 0 amide bonds. The standard InChI is InChI=1S/3C15H18.C11H16.4C10H15N.8C2H6/c1-11-9-12-7-5-6-8-13(12)10-14(11)15(2,3)4;1-11-13-8-6-5-7-12(13)9-10-14(11)15(2,3)4;1-11-9-10-12-7-5-6-8-13(12)14(11)15(2,3)4;1-9-7-5-6-8-10(9)11(2,3)4;1-8-7-11-6-5-9(8)10(2,3)4;1-8-5-6-11-7-9(8)10(2,3)4;1-8-9(10(2,3)4)6-5-7-11-8;1-8-6-5-7-11-9(8)10(2,3)4;8*1-2/h3*5-10H,1-4H3;5-8H,1-4H3;4*5-7H,1-4H3;8*1-2H3. The van der Waals surface area contributed by atoms with Crippen molar-refractivity contribution in [3.05, 3.63) is 296 Å². The average Bonchev–Trinajstić information content (AvgIpc) is 0.797. The van der Waals surface area contributed by atoms with Gasteiger partial charge >= 0.3 is 0 Å². The molecule has 0 bridgehead atoms. The lowest BCUT2D eigenvalue weighted by atomic mass is 9.81. The first-order chi connectivity index (χ1) is 54.1. The van der Waals surface area contributed by atoms with E-state index >= 15 is 0 Å². The summed E-state index contributed by atoms with van der Waals surface area (Å²) >= 11 is 0. The number of benzene rings is 7. The molecule has 4 aromatic heterocycles. The number of nitrogens with zero attached hydrogens (tertiary/aromatic N) is 4. The molecule has 4 heterocycles. The Morgan fingerprint density at radius 3 is 0.940 bits per heavy atom. The number of hydrogen-bond donors (Lipinski definition) is 0. The fraction of sp³-hybridized carbons (Fsp3) is 0.500. The Hall–Kier alpha value is -8.08. The molecule has 11 aromatic rings. The highest BCUT2D eigenvalue weighted by Crippen LogP contribution is 2.35. The minimum absolute atomic E-state index is 0.172. The van der Waals surface area contributed by atoms with E-state index in [4.69, 9.17) is 0 Å². The molecular weight excluding hydrogens is 1400 g/mol. The summed E-state index contributed by atoms with van der Waals surface area (Å²) in [6.45, 7) is 103. The van der Waals surface area contributed by atoms with E-state index < -0.39 is 0 Å². The van der Waals surface area contributed by atoms with E-state index in [0.717, 1.165) is 5.69 Å². The Labute approximate surface area is 719 Å². The van der Waals surface area contributed by atoms with E-state index in [-0.39, 0.29) is 43.3 Å². The van der Waals surface area contributed by atoms with Gasteiger partial charge < -0.3 is 0 Å². The second-order valence-corrected chi connectivity index (χ2v) is 35.5. The van der Waals surface area contributed by atoms with Crippen LogP contribution in [0, 0.1) is 55.4 Å². The van der Waals surface area contributed by atoms with Gasteiger partial charge in [0.1, 0.15) is 0 Å². The quantitative estimate of drug-likeness (QED) is 0.152. The zero-order chi connectivity index (χ0) is 91.6. The van der Waals surface area contributed by atoms with Crippen molar-refractivity contribution in [1.82, 2.24) is 19.9 Å². The fourth-order valence-electron chi connectivity index (χ4n) is 13.3. The van der Waals surface area contributed by atoms with Gasteiger partial charge in [0.05, 0.1) is 0 Å². The zero-order valence-corrected chi connectivity index (χ0v) is 84.4. The molecule has 0 N–H and O–H groups in total. The van der Waals surface area contributed by atoms with E-state index in [1.54, 1.807) is 0 Å². The molecule has 0 aliphatic carbocycles. The monoisotopic (exact) mass is 1580 g/mol. The highest BCUT2D eigenvalue weighted by Gasteiger charge is 2.23. The maximum absolute atomic E-state index is 4.35. The molecule has 116 heavy (non-hydrogen) atoms. The molecule has 11 rings (SSSR count). The number of fused-ring (bicyclic) bond motifs is 3. The van der Waals surface area contributed by atoms with Crippen LogP contribution in [0.1, 0.15) is 366 Å². The lowest BCUT2D eigenvalue weighted by Gasteiger charge is -2.24. The van der Waals surface area contributed by atoms with Gasteiger partial charge in [-0.15, -0.1) is 0 Å². The van der Waals surface area contributed by atoms with E-state index in [9.17, 15) is 0 Å². The topological polar surface area (TPSA) is 51.6 Å². The summed E-state index contributed by atoms with van der Waals surface area (Å²) in [4.78, 5) is 16.8. The Bertz CT molecular complexity index is 4000. The van der Waals surface area contributed by atoms with E-state index in [1.807, 2.05) is 160 Å². The van der Waals surface area contributed by atoms with Crippen molar-refractivity contribution >= 4 is 32.3 Å². The first kappa shape index (κ1) is 116. The first-order valence-electron chi connectivity index (χ1n) is 44.3. The Morgan fingerprint density at radius 2 is 0.560 bits per heavy atom. The first-order valence-corrected chi connectivity index (χ1v) is 44.3. The van der Waals surface area contributed by atoms with Gasteiger partial charge in [0.25, 0.3) is 0 Å². The van der Waals surface area contributed by atoms with Crippen LogP contribution in [-0.4, -0.2) is 19.9 Å². The molecular formula is C112H178N4. The van der Waals surface area contributed by atoms with E-state index in [2.05, 4.69) is 399 Å². The molecule has 0 aliphatic rings. The molecule has 0 radical (unpaired) electrons. The van der Waals surface area contributed by atoms with Gasteiger partial charge in [-0.2, -0.15) is 0 Å². The summed E-state index contributed by atoms with van der Waals surface area (Å²) in [5.41, 5.74) is 23.5. The second kappa shape index (κ2) is 57.9. The van der Waals surface area contributed by atoms with Crippen molar-refractivity contribution in [2.24, 2.45) is 0 Å². The van der Waals surface area contributed by atoms with Gasteiger partial charge in [0.15, 0.2) is 0 Å². The van der Waals surface area contributed by atoms with Gasteiger partial charge in [-0.25, -0.2) is 0 Å². The van der Waals surface area contributed by atoms with Gasteiger partial charge in [0.2, 0.25) is 0 Å². The van der Waals surface area contributed by atoms with Crippen LogP contribution < -0.4 is 0 Å². The van der Waals surface area contributed by atoms with Crippen molar-refractivity contribution in [3.8, 4) is 0 Å². The molecule has 4 heteroatoms. The Balaban J connectivity index is -0.000000396.